The quantitative estimate of drug-likeness (QED) is 0.241. The van der Waals surface area contributed by atoms with Gasteiger partial charge in [0.25, 0.3) is 0 Å². The lowest BCUT2D eigenvalue weighted by atomic mass is 9.95. The van der Waals surface area contributed by atoms with Crippen LogP contribution < -0.4 is 35.6 Å². The normalized spacial score (nSPS) is 14.4. The first-order valence-corrected chi connectivity index (χ1v) is 15.0. The molecule has 0 aliphatic heterocycles. The van der Waals surface area contributed by atoms with E-state index in [2.05, 4.69) is 38.8 Å². The molecular weight excluding hydrogens is 572 g/mol. The topological polar surface area (TPSA) is 120 Å². The second-order valence-electron chi connectivity index (χ2n) is 11.3. The Morgan fingerprint density at radius 2 is 1.78 bits per heavy atom. The number of benzene rings is 2. The number of aryl methyl sites for hydroxylation is 2. The fourth-order valence-corrected chi connectivity index (χ4v) is 6.22. The molecule has 1 heterocycles. The van der Waals surface area contributed by atoms with Crippen LogP contribution in [-0.2, 0) is 29.5 Å². The van der Waals surface area contributed by atoms with Gasteiger partial charge in [0.15, 0.2) is 11.5 Å². The third kappa shape index (κ3) is 6.31. The van der Waals surface area contributed by atoms with Crippen LogP contribution in [0.2, 0.25) is 0 Å². The lowest BCUT2D eigenvalue weighted by Crippen LogP contribution is -2.39. The molecule has 0 spiro atoms. The number of para-hydroxylation sites is 1. The zero-order valence-electron chi connectivity index (χ0n) is 26.6. The van der Waals surface area contributed by atoms with Crippen molar-refractivity contribution in [2.75, 3.05) is 33.2 Å². The molecular formula is C35H40N4O6. The average Bonchev–Trinajstić information content (AvgIpc) is 3.16. The van der Waals surface area contributed by atoms with Crippen LogP contribution in [0.25, 0.3) is 22.0 Å². The molecule has 1 aliphatic carbocycles. The van der Waals surface area contributed by atoms with Gasteiger partial charge in [-0.25, -0.2) is 0 Å². The van der Waals surface area contributed by atoms with Gasteiger partial charge in [-0.05, 0) is 72.7 Å². The van der Waals surface area contributed by atoms with Crippen LogP contribution in [0, 0.1) is 0 Å². The fourth-order valence-electron chi connectivity index (χ4n) is 6.22. The number of hydrogen-bond donors (Lipinski definition) is 3. The predicted molar refractivity (Wildman–Crippen MR) is 175 cm³/mol. The first kappa shape index (κ1) is 31.4. The Kier molecular flexibility index (Phi) is 9.32. The molecule has 0 fully saturated rings. The van der Waals surface area contributed by atoms with E-state index < -0.39 is 12.1 Å². The van der Waals surface area contributed by atoms with Gasteiger partial charge in [-0.2, -0.15) is 0 Å². The molecule has 236 valence electrons. The summed E-state index contributed by atoms with van der Waals surface area (Å²) in [5.74, 6) is 1.01. The zero-order valence-corrected chi connectivity index (χ0v) is 26.6. The number of aromatic nitrogens is 1. The minimum atomic E-state index is -0.676. The van der Waals surface area contributed by atoms with Crippen LogP contribution in [0.5, 0.6) is 17.2 Å². The van der Waals surface area contributed by atoms with Crippen LogP contribution in [0.15, 0.2) is 59.5 Å². The Labute approximate surface area is 262 Å². The van der Waals surface area contributed by atoms with Crippen molar-refractivity contribution in [1.82, 2.24) is 15.2 Å². The van der Waals surface area contributed by atoms with Crippen molar-refractivity contribution in [3.63, 3.8) is 0 Å². The van der Waals surface area contributed by atoms with E-state index in [4.69, 9.17) is 14.2 Å². The Balaban J connectivity index is 1.44. The number of nitrogens with one attached hydrogen (secondary N) is 3. The molecule has 5 rings (SSSR count). The predicted octanol–water partition coefficient (Wildman–Crippen LogP) is 4.51. The van der Waals surface area contributed by atoms with Gasteiger partial charge in [0.05, 0.1) is 33.1 Å². The summed E-state index contributed by atoms with van der Waals surface area (Å²) in [5.41, 5.74) is 5.34. The van der Waals surface area contributed by atoms with Gasteiger partial charge >= 0.3 is 0 Å². The molecule has 1 aromatic heterocycles. The highest BCUT2D eigenvalue weighted by Gasteiger charge is 2.29. The number of fused-ring (bicyclic) bond motifs is 4. The number of nitrogens with zero attached hydrogens (tertiary/aromatic N) is 1. The number of ether oxygens (including phenoxy) is 3. The standard InChI is InChI=1S/C35H40N4O6/c1-20(35(42)36-16-15-23-19-39(3)29-10-8-7-9-24(23)29)37-28-14-12-25-26(18-30(28)41)27(38-21(2)40)13-11-22-17-31(43-4)33(44-5)34(45-6)32(22)25/h7-10,12,14,17-20,27H,11,13,15-16H2,1-6H3,(H,36,42)(H,37,41)(H,38,40)/t20-,27-/m0/s1. The number of carbonyl (C=O) groups is 2. The lowest BCUT2D eigenvalue weighted by Gasteiger charge is -2.19. The summed E-state index contributed by atoms with van der Waals surface area (Å²) >= 11 is 0. The second-order valence-corrected chi connectivity index (χ2v) is 11.3. The molecule has 0 radical (unpaired) electrons. The fraction of sp³-hybridized carbons (Fsp3) is 0.343. The van der Waals surface area contributed by atoms with Crippen molar-refractivity contribution in [3.05, 3.63) is 81.6 Å². The summed E-state index contributed by atoms with van der Waals surface area (Å²) in [6, 6.07) is 14.0. The van der Waals surface area contributed by atoms with Crippen LogP contribution in [0.1, 0.15) is 43.0 Å². The molecule has 1 aliphatic rings. The molecule has 2 atom stereocenters. The van der Waals surface area contributed by atoms with Gasteiger partial charge in [0.1, 0.15) is 6.04 Å². The van der Waals surface area contributed by atoms with E-state index in [0.29, 0.717) is 48.6 Å². The van der Waals surface area contributed by atoms with E-state index in [-0.39, 0.29) is 22.9 Å². The van der Waals surface area contributed by atoms with Crippen molar-refractivity contribution >= 4 is 28.4 Å². The van der Waals surface area contributed by atoms with Crippen molar-refractivity contribution in [3.8, 4) is 28.4 Å². The molecule has 0 unspecified atom stereocenters. The monoisotopic (exact) mass is 612 g/mol. The Morgan fingerprint density at radius 1 is 1.02 bits per heavy atom. The molecule has 4 aromatic rings. The number of rotatable bonds is 10. The van der Waals surface area contributed by atoms with E-state index in [1.54, 1.807) is 34.3 Å². The summed E-state index contributed by atoms with van der Waals surface area (Å²) < 4.78 is 19.2. The number of hydrogen-bond acceptors (Lipinski definition) is 7. The molecule has 3 N–H and O–H groups in total. The van der Waals surface area contributed by atoms with Crippen LogP contribution in [0.4, 0.5) is 5.69 Å². The Hall–Kier alpha value is -4.99. The van der Waals surface area contributed by atoms with Crippen LogP contribution in [-0.4, -0.2) is 50.3 Å². The minimum absolute atomic E-state index is 0.204. The smallest absolute Gasteiger partial charge is 0.242 e. The number of carbonyl (C=O) groups excluding carboxylic acids is 2. The largest absolute Gasteiger partial charge is 0.493 e. The molecule has 2 amide bonds. The molecule has 0 bridgehead atoms. The first-order chi connectivity index (χ1) is 21.7. The van der Waals surface area contributed by atoms with E-state index >= 15 is 0 Å². The van der Waals surface area contributed by atoms with Gasteiger partial charge < -0.3 is 34.7 Å². The summed E-state index contributed by atoms with van der Waals surface area (Å²) in [6.07, 6.45) is 3.92. The highest BCUT2D eigenvalue weighted by molar-refractivity contribution is 5.86. The zero-order chi connectivity index (χ0) is 32.2. The van der Waals surface area contributed by atoms with E-state index in [9.17, 15) is 14.4 Å². The third-order valence-corrected chi connectivity index (χ3v) is 8.35. The maximum atomic E-state index is 13.6. The molecule has 0 saturated heterocycles. The molecule has 10 nitrogen and oxygen atoms in total. The van der Waals surface area contributed by atoms with Crippen LogP contribution in [0.3, 0.4) is 0 Å². The van der Waals surface area contributed by atoms with Gasteiger partial charge in [-0.3, -0.25) is 14.4 Å². The number of anilines is 1. The summed E-state index contributed by atoms with van der Waals surface area (Å²) in [4.78, 5) is 38.9. The van der Waals surface area contributed by atoms with E-state index in [1.807, 2.05) is 31.3 Å². The lowest BCUT2D eigenvalue weighted by molar-refractivity contribution is -0.121. The van der Waals surface area contributed by atoms with E-state index in [1.165, 1.54) is 18.4 Å². The van der Waals surface area contributed by atoms with Gasteiger partial charge in [-0.15, -0.1) is 0 Å². The highest BCUT2D eigenvalue weighted by atomic mass is 16.5. The van der Waals surface area contributed by atoms with Crippen LogP contribution >= 0.6 is 0 Å². The summed E-state index contributed by atoms with van der Waals surface area (Å²) in [5, 5.41) is 10.3. The second kappa shape index (κ2) is 13.3. The van der Waals surface area contributed by atoms with E-state index in [0.717, 1.165) is 27.8 Å². The summed E-state index contributed by atoms with van der Waals surface area (Å²) in [7, 11) is 6.68. The van der Waals surface area contributed by atoms with Crippen molar-refractivity contribution < 1.29 is 23.8 Å². The maximum Gasteiger partial charge on any atom is 0.242 e. The molecule has 10 heteroatoms. The SMILES string of the molecule is COc1cc2c(c(OC)c1OC)-c1ccc(N[C@@H](C)C(=O)NCCc3cn(C)c4ccccc34)c(=O)cc1[C@@H](NC(C)=O)CC2. The minimum Gasteiger partial charge on any atom is -0.493 e. The third-order valence-electron chi connectivity index (χ3n) is 8.35. The Bertz CT molecular complexity index is 1810. The number of amides is 2. The van der Waals surface area contributed by atoms with Crippen molar-refractivity contribution in [2.45, 2.75) is 45.2 Å². The van der Waals surface area contributed by atoms with Gasteiger partial charge in [0.2, 0.25) is 23.0 Å². The molecule has 45 heavy (non-hydrogen) atoms. The van der Waals surface area contributed by atoms with Gasteiger partial charge in [-0.1, -0.05) is 24.3 Å². The summed E-state index contributed by atoms with van der Waals surface area (Å²) in [6.45, 7) is 3.64. The molecule has 3 aromatic carbocycles. The average molecular weight is 613 g/mol. The highest BCUT2D eigenvalue weighted by Crippen LogP contribution is 2.50. The number of methoxy groups -OCH3 is 3. The Morgan fingerprint density at radius 3 is 2.49 bits per heavy atom. The van der Waals surface area contributed by atoms with Gasteiger partial charge in [0, 0.05) is 43.2 Å². The van der Waals surface area contributed by atoms with Crippen molar-refractivity contribution in [2.24, 2.45) is 7.05 Å². The molecule has 0 saturated carbocycles. The van der Waals surface area contributed by atoms with Crippen molar-refractivity contribution in [1.29, 1.82) is 0 Å². The first-order valence-electron chi connectivity index (χ1n) is 15.0. The maximum absolute atomic E-state index is 13.6.